The number of hydrazone groups is 1. The van der Waals surface area contributed by atoms with Gasteiger partial charge in [0.05, 0.1) is 0 Å². The van der Waals surface area contributed by atoms with Gasteiger partial charge < -0.3 is 5.11 Å². The van der Waals surface area contributed by atoms with E-state index in [4.69, 9.17) is 5.11 Å². The van der Waals surface area contributed by atoms with E-state index in [-0.39, 0.29) is 5.56 Å². The highest BCUT2D eigenvalue weighted by atomic mass is 16.4. The Balaban J connectivity index is 2.43. The number of amidine groups is 1. The summed E-state index contributed by atoms with van der Waals surface area (Å²) >= 11 is 0. The number of hydrazine groups is 2. The van der Waals surface area contributed by atoms with Crippen LogP contribution in [0.1, 0.15) is 17.3 Å². The van der Waals surface area contributed by atoms with Gasteiger partial charge in [-0.15, -0.1) is 10.6 Å². The predicted octanol–water partition coefficient (Wildman–Crippen LogP) is -0.0576. The number of hydrogen-bond acceptors (Lipinski definition) is 6. The highest BCUT2D eigenvalue weighted by Gasteiger charge is 2.21. The molecule has 0 aromatic carbocycles. The molecular weight excluding hydrogens is 198 g/mol. The molecule has 15 heavy (non-hydrogen) atoms. The van der Waals surface area contributed by atoms with Crippen LogP contribution >= 0.6 is 0 Å². The van der Waals surface area contributed by atoms with Crippen LogP contribution in [0.25, 0.3) is 0 Å². The Morgan fingerprint density at radius 2 is 2.40 bits per heavy atom. The Labute approximate surface area is 85.4 Å². The zero-order valence-corrected chi connectivity index (χ0v) is 7.93. The molecule has 0 radical (unpaired) electrons. The van der Waals surface area contributed by atoms with Crippen molar-refractivity contribution in [3.63, 3.8) is 0 Å². The number of carbonyl (C=O) groups is 1. The van der Waals surface area contributed by atoms with E-state index in [9.17, 15) is 4.79 Å². The molecule has 1 aromatic heterocycles. The van der Waals surface area contributed by atoms with Gasteiger partial charge in [0, 0.05) is 6.20 Å². The molecule has 2 heterocycles. The molecule has 1 aromatic rings. The summed E-state index contributed by atoms with van der Waals surface area (Å²) in [7, 11) is 0. The van der Waals surface area contributed by atoms with E-state index in [0.717, 1.165) is 0 Å². The van der Waals surface area contributed by atoms with E-state index in [1.54, 1.807) is 13.0 Å². The van der Waals surface area contributed by atoms with Gasteiger partial charge in [0.2, 0.25) is 0 Å². The maximum absolute atomic E-state index is 10.9. The van der Waals surface area contributed by atoms with Gasteiger partial charge in [-0.25, -0.2) is 20.3 Å². The summed E-state index contributed by atoms with van der Waals surface area (Å²) in [4.78, 5) is 14.9. The zero-order valence-electron chi connectivity index (χ0n) is 7.93. The minimum absolute atomic E-state index is 0.114. The molecule has 0 unspecified atom stereocenters. The molecule has 0 amide bonds. The first-order valence-electron chi connectivity index (χ1n) is 4.23. The lowest BCUT2D eigenvalue weighted by molar-refractivity contribution is 0.0697. The molecule has 78 valence electrons. The van der Waals surface area contributed by atoms with E-state index < -0.39 is 5.97 Å². The molecule has 1 aliphatic rings. The second-order valence-electron chi connectivity index (χ2n) is 2.90. The topological polar surface area (TPSA) is 89.9 Å². The number of pyridine rings is 1. The maximum atomic E-state index is 10.9. The first kappa shape index (κ1) is 9.41. The molecule has 0 saturated heterocycles. The van der Waals surface area contributed by atoms with Crippen molar-refractivity contribution < 1.29 is 9.90 Å². The quantitative estimate of drug-likeness (QED) is 0.629. The summed E-state index contributed by atoms with van der Waals surface area (Å²) in [6, 6.07) is 3.06. The smallest absolute Gasteiger partial charge is 0.339 e. The minimum atomic E-state index is -1.03. The van der Waals surface area contributed by atoms with Crippen molar-refractivity contribution in [2.45, 2.75) is 6.92 Å². The van der Waals surface area contributed by atoms with E-state index >= 15 is 0 Å². The van der Waals surface area contributed by atoms with Crippen molar-refractivity contribution in [2.75, 3.05) is 5.01 Å². The van der Waals surface area contributed by atoms with Gasteiger partial charge in [0.1, 0.15) is 11.4 Å². The van der Waals surface area contributed by atoms with Crippen LogP contribution in [0.3, 0.4) is 0 Å². The lowest BCUT2D eigenvalue weighted by atomic mass is 10.2. The molecule has 0 atom stereocenters. The van der Waals surface area contributed by atoms with Crippen LogP contribution in [0.5, 0.6) is 0 Å². The third-order valence-electron chi connectivity index (χ3n) is 1.93. The summed E-state index contributed by atoms with van der Waals surface area (Å²) in [6.45, 7) is 1.73. The minimum Gasteiger partial charge on any atom is -0.478 e. The number of carboxylic acid groups (broad SMARTS) is 1. The number of hydrogen-bond donors (Lipinski definition) is 3. The largest absolute Gasteiger partial charge is 0.478 e. The summed E-state index contributed by atoms with van der Waals surface area (Å²) in [6.07, 6.45) is 1.52. The lowest BCUT2D eigenvalue weighted by Gasteiger charge is -2.17. The molecule has 0 aliphatic carbocycles. The molecule has 0 spiro atoms. The Morgan fingerprint density at radius 1 is 1.60 bits per heavy atom. The number of rotatable bonds is 2. The zero-order chi connectivity index (χ0) is 10.8. The second-order valence-corrected chi connectivity index (χ2v) is 2.90. The van der Waals surface area contributed by atoms with Crippen LogP contribution in [-0.4, -0.2) is 21.9 Å². The molecular formula is C8H9N5O2. The molecule has 1 aliphatic heterocycles. The fraction of sp³-hybridized carbons (Fsp3) is 0.125. The fourth-order valence-corrected chi connectivity index (χ4v) is 1.24. The van der Waals surface area contributed by atoms with Gasteiger partial charge in [-0.2, -0.15) is 0 Å². The third kappa shape index (κ3) is 1.59. The van der Waals surface area contributed by atoms with Gasteiger partial charge >= 0.3 is 5.97 Å². The highest BCUT2D eigenvalue weighted by molar-refractivity contribution is 6.01. The van der Waals surface area contributed by atoms with Crippen molar-refractivity contribution in [3.05, 3.63) is 23.9 Å². The van der Waals surface area contributed by atoms with Gasteiger partial charge in [-0.05, 0) is 19.1 Å². The van der Waals surface area contributed by atoms with E-state index in [1.807, 2.05) is 0 Å². The summed E-state index contributed by atoms with van der Waals surface area (Å²) in [5, 5.41) is 14.3. The molecule has 0 saturated carbocycles. The lowest BCUT2D eigenvalue weighted by Crippen LogP contribution is -2.41. The second kappa shape index (κ2) is 3.54. The number of carboxylic acids is 1. The van der Waals surface area contributed by atoms with Crippen LogP contribution in [0.4, 0.5) is 5.82 Å². The molecule has 3 N–H and O–H groups in total. The standard InChI is InChI=1S/C8H9N5O2/c1-5-10-11-12-13(5)7-6(8(14)15)3-2-4-9-7/h2-4,11-12H,1H3,(H,14,15). The molecule has 0 fully saturated rings. The van der Waals surface area contributed by atoms with Crippen LogP contribution in [-0.2, 0) is 0 Å². The number of nitrogens with zero attached hydrogens (tertiary/aromatic N) is 3. The molecule has 2 rings (SSSR count). The van der Waals surface area contributed by atoms with Crippen molar-refractivity contribution in [2.24, 2.45) is 5.10 Å². The number of nitrogens with one attached hydrogen (secondary N) is 2. The van der Waals surface area contributed by atoms with E-state index in [0.29, 0.717) is 11.7 Å². The van der Waals surface area contributed by atoms with Gasteiger partial charge in [-0.3, -0.25) is 0 Å². The SMILES string of the molecule is CC1=NNNN1c1ncccc1C(=O)O. The number of aromatic carboxylic acids is 1. The fourth-order valence-electron chi connectivity index (χ4n) is 1.24. The van der Waals surface area contributed by atoms with Crippen molar-refractivity contribution in [3.8, 4) is 0 Å². The van der Waals surface area contributed by atoms with E-state index in [2.05, 4.69) is 21.2 Å². The molecule has 7 heteroatoms. The first-order chi connectivity index (χ1) is 7.20. The van der Waals surface area contributed by atoms with Crippen LogP contribution in [0.15, 0.2) is 23.4 Å². The summed E-state index contributed by atoms with van der Waals surface area (Å²) in [5.74, 6) is -0.132. The average molecular weight is 207 g/mol. The van der Waals surface area contributed by atoms with Crippen molar-refractivity contribution in [1.29, 1.82) is 0 Å². The normalized spacial score (nSPS) is 14.7. The Bertz CT molecular complexity index is 431. The number of aromatic nitrogens is 1. The van der Waals surface area contributed by atoms with Crippen molar-refractivity contribution >= 4 is 17.6 Å². The molecule has 7 nitrogen and oxygen atoms in total. The third-order valence-corrected chi connectivity index (χ3v) is 1.93. The van der Waals surface area contributed by atoms with Gasteiger partial charge in [0.25, 0.3) is 0 Å². The van der Waals surface area contributed by atoms with Crippen LogP contribution in [0, 0.1) is 0 Å². The Hall–Kier alpha value is -2.15. The summed E-state index contributed by atoms with van der Waals surface area (Å²) < 4.78 is 0. The van der Waals surface area contributed by atoms with Crippen LogP contribution < -0.4 is 16.1 Å². The number of anilines is 1. The Kier molecular flexibility index (Phi) is 2.22. The van der Waals surface area contributed by atoms with Crippen molar-refractivity contribution in [1.82, 2.24) is 16.1 Å². The van der Waals surface area contributed by atoms with Gasteiger partial charge in [-0.1, -0.05) is 0 Å². The molecule has 0 bridgehead atoms. The monoisotopic (exact) mass is 207 g/mol. The van der Waals surface area contributed by atoms with Gasteiger partial charge in [0.15, 0.2) is 5.82 Å². The average Bonchev–Trinajstić information content (AvgIpc) is 2.64. The highest BCUT2D eigenvalue weighted by Crippen LogP contribution is 2.16. The predicted molar refractivity (Wildman–Crippen MR) is 53.1 cm³/mol. The Morgan fingerprint density at radius 3 is 3.00 bits per heavy atom. The van der Waals surface area contributed by atoms with Crippen LogP contribution in [0.2, 0.25) is 0 Å². The maximum Gasteiger partial charge on any atom is 0.339 e. The summed E-state index contributed by atoms with van der Waals surface area (Å²) in [5.41, 5.74) is 5.30. The van der Waals surface area contributed by atoms with E-state index in [1.165, 1.54) is 17.3 Å². The first-order valence-corrected chi connectivity index (χ1v) is 4.23.